The van der Waals surface area contributed by atoms with Gasteiger partial charge in [-0.1, -0.05) is 6.58 Å². The summed E-state index contributed by atoms with van der Waals surface area (Å²) in [5.41, 5.74) is 1.27. The van der Waals surface area contributed by atoms with Crippen LogP contribution in [0.1, 0.15) is 28.4 Å². The number of nitrogens with one attached hydrogen (secondary N) is 1. The molecule has 1 aliphatic heterocycles. The number of benzene rings is 1. The van der Waals surface area contributed by atoms with E-state index in [-0.39, 0.29) is 17.9 Å². The molecule has 0 bridgehead atoms. The summed E-state index contributed by atoms with van der Waals surface area (Å²) in [6.07, 6.45) is 2.90. The van der Waals surface area contributed by atoms with Gasteiger partial charge in [-0.2, -0.15) is 5.10 Å². The first-order valence-electron chi connectivity index (χ1n) is 8.19. The van der Waals surface area contributed by atoms with Gasteiger partial charge in [-0.15, -0.1) is 0 Å². The minimum absolute atomic E-state index is 0.0331. The molecule has 1 N–H and O–H groups in total. The van der Waals surface area contributed by atoms with Gasteiger partial charge in [0.1, 0.15) is 11.6 Å². The molecule has 0 spiro atoms. The van der Waals surface area contributed by atoms with E-state index in [9.17, 15) is 9.59 Å². The second kappa shape index (κ2) is 6.88. The summed E-state index contributed by atoms with van der Waals surface area (Å²) in [4.78, 5) is 29.9. The molecule has 2 aromatic rings. The first-order chi connectivity index (χ1) is 12.0. The molecule has 2 heterocycles. The van der Waals surface area contributed by atoms with Crippen LogP contribution >= 0.6 is 0 Å². The summed E-state index contributed by atoms with van der Waals surface area (Å²) in [6, 6.07) is 6.95. The predicted octanol–water partition coefficient (Wildman–Crippen LogP) is 1.48. The average Bonchev–Trinajstić information content (AvgIpc) is 2.99. The van der Waals surface area contributed by atoms with Crippen LogP contribution in [0.5, 0.6) is 0 Å². The number of nitrogens with zero attached hydrogens (tertiary/aromatic N) is 4. The van der Waals surface area contributed by atoms with E-state index in [1.54, 1.807) is 31.3 Å². The number of hydrogen-bond donors (Lipinski definition) is 1. The fourth-order valence-electron chi connectivity index (χ4n) is 2.92. The monoisotopic (exact) mass is 339 g/mol. The van der Waals surface area contributed by atoms with E-state index >= 15 is 0 Å². The Morgan fingerprint density at radius 1 is 1.36 bits per heavy atom. The highest BCUT2D eigenvalue weighted by Crippen LogP contribution is 2.16. The fraction of sp³-hybridized carbons (Fsp3) is 0.333. The smallest absolute Gasteiger partial charge is 0.251 e. The summed E-state index contributed by atoms with van der Waals surface area (Å²) >= 11 is 0. The van der Waals surface area contributed by atoms with Gasteiger partial charge in [0, 0.05) is 30.8 Å². The summed E-state index contributed by atoms with van der Waals surface area (Å²) in [5, 5.41) is 7.39. The lowest BCUT2D eigenvalue weighted by Crippen LogP contribution is -2.41. The van der Waals surface area contributed by atoms with Crippen molar-refractivity contribution in [3.63, 3.8) is 0 Å². The second-order valence-electron chi connectivity index (χ2n) is 6.11. The maximum atomic E-state index is 12.4. The quantitative estimate of drug-likeness (QED) is 0.856. The highest BCUT2D eigenvalue weighted by molar-refractivity contribution is 6.01. The summed E-state index contributed by atoms with van der Waals surface area (Å²) < 4.78 is 1.86. The lowest BCUT2D eigenvalue weighted by Gasteiger charge is -2.23. The summed E-state index contributed by atoms with van der Waals surface area (Å²) in [7, 11) is 1.67. The molecule has 0 aliphatic carbocycles. The van der Waals surface area contributed by atoms with E-state index in [2.05, 4.69) is 22.0 Å². The molecule has 0 saturated carbocycles. The number of likely N-dealkylation sites (N-methyl/N-ethyl adjacent to an activating group) is 1. The van der Waals surface area contributed by atoms with Crippen LogP contribution in [0.2, 0.25) is 0 Å². The zero-order chi connectivity index (χ0) is 18.0. The van der Waals surface area contributed by atoms with Crippen molar-refractivity contribution >= 4 is 17.5 Å². The molecule has 1 aliphatic rings. The Morgan fingerprint density at radius 2 is 2.08 bits per heavy atom. The topological polar surface area (TPSA) is 80.1 Å². The van der Waals surface area contributed by atoms with Crippen LogP contribution in [0, 0.1) is 6.92 Å². The molecule has 7 nitrogen and oxygen atoms in total. The van der Waals surface area contributed by atoms with Crippen molar-refractivity contribution in [2.45, 2.75) is 32.4 Å². The lowest BCUT2D eigenvalue weighted by molar-refractivity contribution is -0.113. The molecule has 25 heavy (non-hydrogen) atoms. The number of fused-ring (bicyclic) bond motifs is 1. The van der Waals surface area contributed by atoms with Crippen LogP contribution in [-0.4, -0.2) is 39.7 Å². The number of amides is 2. The number of aryl methyl sites for hydroxylation is 2. The number of aromatic nitrogens is 3. The second-order valence-corrected chi connectivity index (χ2v) is 6.11. The predicted molar refractivity (Wildman–Crippen MR) is 94.4 cm³/mol. The number of rotatable bonds is 4. The van der Waals surface area contributed by atoms with E-state index in [0.29, 0.717) is 17.8 Å². The largest absolute Gasteiger partial charge is 0.347 e. The van der Waals surface area contributed by atoms with Crippen LogP contribution in [0.25, 0.3) is 0 Å². The Labute approximate surface area is 146 Å². The van der Waals surface area contributed by atoms with E-state index in [1.165, 1.54) is 11.0 Å². The van der Waals surface area contributed by atoms with Gasteiger partial charge in [0.25, 0.3) is 5.91 Å². The molecule has 7 heteroatoms. The molecule has 1 unspecified atom stereocenters. The standard InChI is InChI=1S/C18H21N5O2/c1-4-17(24)22(3)15-8-5-13(6-9-15)18(25)20-14-7-10-16-19-12(2)21-23(16)11-14/h4-6,8-9,14H,1,7,10-11H2,2-3H3,(H,20,25). The minimum atomic E-state index is -0.196. The Kier molecular flexibility index (Phi) is 4.65. The first-order valence-corrected chi connectivity index (χ1v) is 8.19. The Bertz CT molecular complexity index is 809. The Hall–Kier alpha value is -2.96. The molecule has 1 atom stereocenters. The normalized spacial score (nSPS) is 16.0. The van der Waals surface area contributed by atoms with Gasteiger partial charge < -0.3 is 10.2 Å². The number of hydrogen-bond acceptors (Lipinski definition) is 4. The third kappa shape index (κ3) is 3.60. The van der Waals surface area contributed by atoms with E-state index < -0.39 is 0 Å². The first kappa shape index (κ1) is 16.9. The van der Waals surface area contributed by atoms with Gasteiger partial charge in [0.05, 0.1) is 6.54 Å². The van der Waals surface area contributed by atoms with E-state index in [1.807, 2.05) is 11.6 Å². The zero-order valence-electron chi connectivity index (χ0n) is 14.4. The molecule has 0 radical (unpaired) electrons. The lowest BCUT2D eigenvalue weighted by atomic mass is 10.1. The molecule has 1 aromatic carbocycles. The van der Waals surface area contributed by atoms with Gasteiger partial charge in [0.2, 0.25) is 5.91 Å². The number of carbonyl (C=O) groups excluding carboxylic acids is 2. The van der Waals surface area contributed by atoms with E-state index in [4.69, 9.17) is 0 Å². The third-order valence-corrected chi connectivity index (χ3v) is 4.32. The van der Waals surface area contributed by atoms with Crippen molar-refractivity contribution in [1.82, 2.24) is 20.1 Å². The molecule has 3 rings (SSSR count). The summed E-state index contributed by atoms with van der Waals surface area (Å²) in [5.74, 6) is 1.41. The van der Waals surface area contributed by atoms with Gasteiger partial charge in [-0.25, -0.2) is 9.67 Å². The van der Waals surface area contributed by atoms with Crippen molar-refractivity contribution in [2.75, 3.05) is 11.9 Å². The van der Waals surface area contributed by atoms with Crippen molar-refractivity contribution in [1.29, 1.82) is 0 Å². The summed E-state index contributed by atoms with van der Waals surface area (Å²) in [6.45, 7) is 5.97. The van der Waals surface area contributed by atoms with Gasteiger partial charge >= 0.3 is 0 Å². The number of anilines is 1. The fourth-order valence-corrected chi connectivity index (χ4v) is 2.92. The molecule has 0 fully saturated rings. The Balaban J connectivity index is 1.64. The van der Waals surface area contributed by atoms with Crippen LogP contribution in [0.15, 0.2) is 36.9 Å². The molecule has 1 aromatic heterocycles. The third-order valence-electron chi connectivity index (χ3n) is 4.32. The van der Waals surface area contributed by atoms with Crippen LogP contribution in [0.4, 0.5) is 5.69 Å². The maximum absolute atomic E-state index is 12.4. The highest BCUT2D eigenvalue weighted by Gasteiger charge is 2.22. The molecule has 0 saturated heterocycles. The van der Waals surface area contributed by atoms with Gasteiger partial charge in [-0.3, -0.25) is 9.59 Å². The van der Waals surface area contributed by atoms with Crippen LogP contribution < -0.4 is 10.2 Å². The van der Waals surface area contributed by atoms with Crippen molar-refractivity contribution in [2.24, 2.45) is 0 Å². The number of carbonyl (C=O) groups is 2. The van der Waals surface area contributed by atoms with Gasteiger partial charge in [0.15, 0.2) is 0 Å². The molecular formula is C18H21N5O2. The average molecular weight is 339 g/mol. The molecule has 2 amide bonds. The maximum Gasteiger partial charge on any atom is 0.251 e. The molecular weight excluding hydrogens is 318 g/mol. The zero-order valence-corrected chi connectivity index (χ0v) is 14.4. The van der Waals surface area contributed by atoms with Crippen LogP contribution in [0.3, 0.4) is 0 Å². The molecule has 130 valence electrons. The van der Waals surface area contributed by atoms with Crippen molar-refractivity contribution in [3.05, 3.63) is 54.1 Å². The Morgan fingerprint density at radius 3 is 2.76 bits per heavy atom. The highest BCUT2D eigenvalue weighted by atomic mass is 16.2. The minimum Gasteiger partial charge on any atom is -0.347 e. The van der Waals surface area contributed by atoms with Crippen LogP contribution in [-0.2, 0) is 17.8 Å². The SMILES string of the molecule is C=CC(=O)N(C)c1ccc(C(=O)NC2CCc3nc(C)nn3C2)cc1. The van der Waals surface area contributed by atoms with Crippen molar-refractivity contribution in [3.8, 4) is 0 Å². The van der Waals surface area contributed by atoms with Gasteiger partial charge in [-0.05, 0) is 43.7 Å². The van der Waals surface area contributed by atoms with Crippen molar-refractivity contribution < 1.29 is 9.59 Å². The van der Waals surface area contributed by atoms with E-state index in [0.717, 1.165) is 24.5 Å².